The van der Waals surface area contributed by atoms with Crippen LogP contribution in [0.15, 0.2) is 37.8 Å². The summed E-state index contributed by atoms with van der Waals surface area (Å²) < 4.78 is 49.5. The van der Waals surface area contributed by atoms with Crippen LogP contribution in [0.4, 0.5) is 5.13 Å². The van der Waals surface area contributed by atoms with Gasteiger partial charge in [-0.15, -0.1) is 0 Å². The molecule has 0 unspecified atom stereocenters. The lowest BCUT2D eigenvalue weighted by Gasteiger charge is -2.06. The van der Waals surface area contributed by atoms with Gasteiger partial charge in [0, 0.05) is 15.2 Å². The summed E-state index contributed by atoms with van der Waals surface area (Å²) in [6, 6.07) is 6.23. The molecular formula is C10H8BrClN2O4S3. The molecule has 0 saturated heterocycles. The van der Waals surface area contributed by atoms with Crippen molar-refractivity contribution in [2.75, 3.05) is 4.72 Å². The lowest BCUT2D eigenvalue weighted by Crippen LogP contribution is -2.13. The van der Waals surface area contributed by atoms with E-state index in [9.17, 15) is 16.8 Å². The van der Waals surface area contributed by atoms with Crippen LogP contribution in [0, 0.1) is 6.92 Å². The average Bonchev–Trinajstić information content (AvgIpc) is 2.69. The van der Waals surface area contributed by atoms with E-state index < -0.39 is 19.1 Å². The van der Waals surface area contributed by atoms with Crippen LogP contribution in [0.2, 0.25) is 0 Å². The molecule has 1 aromatic carbocycles. The molecule has 21 heavy (non-hydrogen) atoms. The summed E-state index contributed by atoms with van der Waals surface area (Å²) in [6.45, 7) is 1.43. The van der Waals surface area contributed by atoms with E-state index in [-0.39, 0.29) is 19.9 Å². The number of aryl methyl sites for hydroxylation is 1. The quantitative estimate of drug-likeness (QED) is 0.751. The van der Waals surface area contributed by atoms with Gasteiger partial charge in [0.1, 0.15) is 4.90 Å². The summed E-state index contributed by atoms with van der Waals surface area (Å²) in [7, 11) is -2.59. The fraction of sp³-hybridized carbons (Fsp3) is 0.100. The standard InChI is InChI=1S/C10H8BrClN2O4S3/c1-6-9(20(12,15)16)19-10(13-6)14-21(17,18)8-5-3-2-4-7(8)11/h2-5H,1H3,(H,13,14). The maximum atomic E-state index is 12.2. The zero-order chi connectivity index (χ0) is 15.8. The van der Waals surface area contributed by atoms with Gasteiger partial charge in [-0.3, -0.25) is 4.72 Å². The van der Waals surface area contributed by atoms with Gasteiger partial charge in [0.05, 0.1) is 5.69 Å². The Bertz CT molecular complexity index is 893. The van der Waals surface area contributed by atoms with Gasteiger partial charge in [-0.1, -0.05) is 23.5 Å². The molecule has 0 amide bonds. The summed E-state index contributed by atoms with van der Waals surface area (Å²) in [5, 5.41) is -0.0671. The van der Waals surface area contributed by atoms with E-state index in [1.165, 1.54) is 13.0 Å². The Morgan fingerprint density at radius 3 is 2.38 bits per heavy atom. The predicted octanol–water partition coefficient (Wildman–Crippen LogP) is 2.94. The van der Waals surface area contributed by atoms with Gasteiger partial charge in [-0.25, -0.2) is 21.8 Å². The molecular weight excluding hydrogens is 424 g/mol. The normalized spacial score (nSPS) is 12.3. The highest BCUT2D eigenvalue weighted by molar-refractivity contribution is 9.10. The number of halogens is 2. The second-order valence-corrected chi connectivity index (χ2v) is 10.1. The SMILES string of the molecule is Cc1nc(NS(=O)(=O)c2ccccc2Br)sc1S(=O)(=O)Cl. The molecule has 0 aliphatic rings. The molecule has 1 aromatic heterocycles. The van der Waals surface area contributed by atoms with Crippen LogP contribution in [0.25, 0.3) is 0 Å². The molecule has 0 aliphatic heterocycles. The van der Waals surface area contributed by atoms with E-state index in [1.54, 1.807) is 18.2 Å². The maximum absolute atomic E-state index is 12.2. The fourth-order valence-corrected chi connectivity index (χ4v) is 6.08. The van der Waals surface area contributed by atoms with Crippen LogP contribution in [-0.4, -0.2) is 21.8 Å². The molecule has 0 atom stereocenters. The smallest absolute Gasteiger partial charge is 0.255 e. The molecule has 2 rings (SSSR count). The topological polar surface area (TPSA) is 93.2 Å². The Labute approximate surface area is 138 Å². The van der Waals surface area contributed by atoms with E-state index in [1.807, 2.05) is 0 Å². The number of nitrogens with one attached hydrogen (secondary N) is 1. The third kappa shape index (κ3) is 3.75. The monoisotopic (exact) mass is 430 g/mol. The number of hydrogen-bond donors (Lipinski definition) is 1. The number of anilines is 1. The van der Waals surface area contributed by atoms with Crippen molar-refractivity contribution in [3.05, 3.63) is 34.4 Å². The first-order chi connectivity index (χ1) is 9.61. The number of sulfonamides is 1. The molecule has 0 radical (unpaired) electrons. The number of aromatic nitrogens is 1. The maximum Gasteiger partial charge on any atom is 0.272 e. The van der Waals surface area contributed by atoms with Gasteiger partial charge >= 0.3 is 0 Å². The first-order valence-corrected chi connectivity index (χ1v) is 10.7. The van der Waals surface area contributed by atoms with Crippen molar-refractivity contribution >= 4 is 62.2 Å². The lowest BCUT2D eigenvalue weighted by atomic mass is 10.4. The van der Waals surface area contributed by atoms with Gasteiger partial charge in [0.15, 0.2) is 9.34 Å². The van der Waals surface area contributed by atoms with Crippen LogP contribution in [-0.2, 0) is 19.1 Å². The summed E-state index contributed by atoms with van der Waals surface area (Å²) in [6.07, 6.45) is 0. The second kappa shape index (κ2) is 5.84. The van der Waals surface area contributed by atoms with E-state index in [4.69, 9.17) is 10.7 Å². The zero-order valence-electron chi connectivity index (χ0n) is 10.4. The average molecular weight is 432 g/mol. The molecule has 1 heterocycles. The number of hydrogen-bond acceptors (Lipinski definition) is 6. The zero-order valence-corrected chi connectivity index (χ0v) is 15.2. The predicted molar refractivity (Wildman–Crippen MR) is 84.8 cm³/mol. The van der Waals surface area contributed by atoms with Crippen molar-refractivity contribution in [2.45, 2.75) is 16.0 Å². The number of benzene rings is 1. The minimum atomic E-state index is -3.96. The van der Waals surface area contributed by atoms with Crippen molar-refractivity contribution in [3.63, 3.8) is 0 Å². The molecule has 0 saturated carbocycles. The molecule has 11 heteroatoms. The third-order valence-electron chi connectivity index (χ3n) is 2.32. The van der Waals surface area contributed by atoms with E-state index in [2.05, 4.69) is 25.6 Å². The second-order valence-electron chi connectivity index (χ2n) is 3.87. The summed E-state index contributed by atoms with van der Waals surface area (Å²) >= 11 is 3.80. The number of thiazole rings is 1. The highest BCUT2D eigenvalue weighted by atomic mass is 79.9. The van der Waals surface area contributed by atoms with Gasteiger partial charge in [0.2, 0.25) is 0 Å². The van der Waals surface area contributed by atoms with Gasteiger partial charge in [-0.2, -0.15) is 0 Å². The summed E-state index contributed by atoms with van der Waals surface area (Å²) in [5.74, 6) is 0. The molecule has 0 aliphatic carbocycles. The first kappa shape index (κ1) is 16.7. The fourth-order valence-electron chi connectivity index (χ4n) is 1.48. The highest BCUT2D eigenvalue weighted by Gasteiger charge is 2.23. The van der Waals surface area contributed by atoms with Gasteiger partial charge < -0.3 is 0 Å². The third-order valence-corrected chi connectivity index (χ3v) is 8.06. The summed E-state index contributed by atoms with van der Waals surface area (Å²) in [4.78, 5) is 3.89. The largest absolute Gasteiger partial charge is 0.272 e. The Hall–Kier alpha value is -0.680. The van der Waals surface area contributed by atoms with E-state index in [0.29, 0.717) is 15.8 Å². The summed E-state index contributed by atoms with van der Waals surface area (Å²) in [5.41, 5.74) is 0.139. The number of nitrogens with zero attached hydrogens (tertiary/aromatic N) is 1. The van der Waals surface area contributed by atoms with Crippen molar-refractivity contribution < 1.29 is 16.8 Å². The van der Waals surface area contributed by atoms with Gasteiger partial charge in [0.25, 0.3) is 19.1 Å². The van der Waals surface area contributed by atoms with E-state index >= 15 is 0 Å². The molecule has 0 fully saturated rings. The Balaban J connectivity index is 2.41. The van der Waals surface area contributed by atoms with Gasteiger partial charge in [-0.05, 0) is 35.0 Å². The number of rotatable bonds is 4. The van der Waals surface area contributed by atoms with Crippen LogP contribution in [0.5, 0.6) is 0 Å². The van der Waals surface area contributed by atoms with Crippen LogP contribution in [0.1, 0.15) is 5.69 Å². The minimum absolute atomic E-state index is 0.0214. The first-order valence-electron chi connectivity index (χ1n) is 5.31. The van der Waals surface area contributed by atoms with E-state index in [0.717, 1.165) is 0 Å². The Morgan fingerprint density at radius 2 is 1.86 bits per heavy atom. The van der Waals surface area contributed by atoms with Crippen LogP contribution >= 0.6 is 37.9 Å². The lowest BCUT2D eigenvalue weighted by molar-refractivity contribution is 0.600. The van der Waals surface area contributed by atoms with Crippen molar-refractivity contribution in [1.82, 2.24) is 4.98 Å². The molecule has 6 nitrogen and oxygen atoms in total. The minimum Gasteiger partial charge on any atom is -0.255 e. The van der Waals surface area contributed by atoms with Crippen LogP contribution in [0.3, 0.4) is 0 Å². The Morgan fingerprint density at radius 1 is 1.24 bits per heavy atom. The Kier molecular flexibility index (Phi) is 4.64. The molecule has 114 valence electrons. The molecule has 2 aromatic rings. The molecule has 0 bridgehead atoms. The van der Waals surface area contributed by atoms with Crippen molar-refractivity contribution in [3.8, 4) is 0 Å². The molecule has 1 N–H and O–H groups in total. The van der Waals surface area contributed by atoms with Crippen LogP contribution < -0.4 is 4.72 Å². The van der Waals surface area contributed by atoms with Crippen molar-refractivity contribution in [2.24, 2.45) is 0 Å². The molecule has 0 spiro atoms. The highest BCUT2D eigenvalue weighted by Crippen LogP contribution is 2.31. The van der Waals surface area contributed by atoms with Crippen molar-refractivity contribution in [1.29, 1.82) is 0 Å².